The van der Waals surface area contributed by atoms with Gasteiger partial charge in [0.05, 0.1) is 11.6 Å². The third-order valence-corrected chi connectivity index (χ3v) is 5.52. The number of benzene rings is 1. The molecule has 2 unspecified atom stereocenters. The highest BCUT2D eigenvalue weighted by molar-refractivity contribution is 5.92. The number of hydrogen-bond acceptors (Lipinski definition) is 3. The number of fused-ring (bicyclic) bond motifs is 2. The molecule has 1 aromatic carbocycles. The van der Waals surface area contributed by atoms with Crippen LogP contribution in [0.15, 0.2) is 42.6 Å². The predicted molar refractivity (Wildman–Crippen MR) is 97.8 cm³/mol. The Hall–Kier alpha value is -2.89. The van der Waals surface area contributed by atoms with Crippen LogP contribution >= 0.6 is 0 Å². The van der Waals surface area contributed by atoms with E-state index < -0.39 is 11.9 Å². The maximum Gasteiger partial charge on any atom is 0.322 e. The predicted octanol–water partition coefficient (Wildman–Crippen LogP) is 3.53. The second kappa shape index (κ2) is 6.44. The number of pyridine rings is 1. The van der Waals surface area contributed by atoms with E-state index in [1.165, 1.54) is 0 Å². The minimum atomic E-state index is -0.807. The zero-order chi connectivity index (χ0) is 18.3. The van der Waals surface area contributed by atoms with Gasteiger partial charge in [-0.2, -0.15) is 0 Å². The summed E-state index contributed by atoms with van der Waals surface area (Å²) in [4.78, 5) is 30.2. The number of hydrogen-bond donors (Lipinski definition) is 2. The lowest BCUT2D eigenvalue weighted by Gasteiger charge is -2.55. The molecule has 3 atom stereocenters. The summed E-state index contributed by atoms with van der Waals surface area (Å²) in [5.41, 5.74) is 3.59. The van der Waals surface area contributed by atoms with E-state index in [9.17, 15) is 14.7 Å². The standard InChI is InChI=1S/C20H21N3O3/c1-12-5-6-13(10-16(12)17-4-2-3-9-21-17)22-20(26)23-14-7-8-15(19(24)25)18(23)11-14/h2-6,9-10,14-15,18H,7-8,11H2,1H3,(H,22,26)(H,24,25)/t14?,15?,18-/m1/s1. The first-order valence-electron chi connectivity index (χ1n) is 8.89. The van der Waals surface area contributed by atoms with Crippen LogP contribution in [-0.4, -0.2) is 39.1 Å². The molecule has 4 rings (SSSR count). The van der Waals surface area contributed by atoms with Crippen LogP contribution in [0.2, 0.25) is 0 Å². The summed E-state index contributed by atoms with van der Waals surface area (Å²) in [6, 6.07) is 11.2. The van der Waals surface area contributed by atoms with E-state index in [0.29, 0.717) is 12.1 Å². The van der Waals surface area contributed by atoms with Crippen LogP contribution < -0.4 is 5.32 Å². The smallest absolute Gasteiger partial charge is 0.322 e. The topological polar surface area (TPSA) is 82.5 Å². The van der Waals surface area contributed by atoms with Gasteiger partial charge in [0.15, 0.2) is 0 Å². The number of piperidine rings is 1. The molecule has 0 radical (unpaired) electrons. The van der Waals surface area contributed by atoms with Crippen molar-refractivity contribution >= 4 is 17.7 Å². The van der Waals surface area contributed by atoms with Crippen molar-refractivity contribution in [2.24, 2.45) is 5.92 Å². The Labute approximate surface area is 151 Å². The van der Waals surface area contributed by atoms with Crippen LogP contribution in [0.1, 0.15) is 24.8 Å². The van der Waals surface area contributed by atoms with Crippen molar-refractivity contribution in [1.29, 1.82) is 0 Å². The first-order valence-corrected chi connectivity index (χ1v) is 8.89. The molecule has 2 aromatic rings. The van der Waals surface area contributed by atoms with E-state index in [0.717, 1.165) is 29.7 Å². The van der Waals surface area contributed by atoms with Gasteiger partial charge in [0.1, 0.15) is 0 Å². The molecule has 26 heavy (non-hydrogen) atoms. The number of urea groups is 1. The highest BCUT2D eigenvalue weighted by Gasteiger charge is 2.51. The summed E-state index contributed by atoms with van der Waals surface area (Å²) in [7, 11) is 0. The maximum absolute atomic E-state index is 12.7. The SMILES string of the molecule is Cc1ccc(NC(=O)N2C3CCC(C(=O)O)[C@H]2C3)cc1-c1ccccn1. The molecule has 1 aromatic heterocycles. The summed E-state index contributed by atoms with van der Waals surface area (Å²) in [5, 5.41) is 12.3. The summed E-state index contributed by atoms with van der Waals surface area (Å²) < 4.78 is 0. The van der Waals surface area contributed by atoms with Gasteiger partial charge in [0.25, 0.3) is 0 Å². The molecule has 134 valence electrons. The highest BCUT2D eigenvalue weighted by atomic mass is 16.4. The minimum Gasteiger partial charge on any atom is -0.481 e. The lowest BCUT2D eigenvalue weighted by molar-refractivity contribution is -0.151. The lowest BCUT2D eigenvalue weighted by Crippen LogP contribution is -2.66. The lowest BCUT2D eigenvalue weighted by atomic mass is 9.72. The highest BCUT2D eigenvalue weighted by Crippen LogP contribution is 2.42. The molecule has 0 aliphatic carbocycles. The zero-order valence-electron chi connectivity index (χ0n) is 14.6. The van der Waals surface area contributed by atoms with E-state index in [4.69, 9.17) is 0 Å². The van der Waals surface area contributed by atoms with Crippen molar-refractivity contribution in [3.8, 4) is 11.3 Å². The van der Waals surface area contributed by atoms with Crippen molar-refractivity contribution in [1.82, 2.24) is 9.88 Å². The van der Waals surface area contributed by atoms with Gasteiger partial charge in [-0.3, -0.25) is 9.78 Å². The summed E-state index contributed by atoms with van der Waals surface area (Å²) in [5.74, 6) is -1.26. The fraction of sp³-hybridized carbons (Fsp3) is 0.350. The third kappa shape index (κ3) is 2.81. The number of rotatable bonds is 3. The Morgan fingerprint density at radius 1 is 1.23 bits per heavy atom. The second-order valence-electron chi connectivity index (χ2n) is 7.06. The molecule has 2 amide bonds. The molecule has 2 bridgehead atoms. The van der Waals surface area contributed by atoms with Gasteiger partial charge in [-0.25, -0.2) is 4.79 Å². The van der Waals surface area contributed by atoms with Crippen LogP contribution in [0.3, 0.4) is 0 Å². The van der Waals surface area contributed by atoms with Crippen molar-refractivity contribution in [3.05, 3.63) is 48.2 Å². The molecule has 0 saturated carbocycles. The van der Waals surface area contributed by atoms with Gasteiger partial charge in [-0.1, -0.05) is 12.1 Å². The van der Waals surface area contributed by atoms with Gasteiger partial charge >= 0.3 is 12.0 Å². The normalized spacial score (nSPS) is 23.9. The summed E-state index contributed by atoms with van der Waals surface area (Å²) in [6.07, 6.45) is 3.95. The van der Waals surface area contributed by atoms with Gasteiger partial charge in [0, 0.05) is 29.5 Å². The fourth-order valence-corrected chi connectivity index (χ4v) is 4.11. The number of aryl methyl sites for hydroxylation is 1. The van der Waals surface area contributed by atoms with Crippen molar-refractivity contribution < 1.29 is 14.7 Å². The molecule has 2 saturated heterocycles. The summed E-state index contributed by atoms with van der Waals surface area (Å²) >= 11 is 0. The quantitative estimate of drug-likeness (QED) is 0.886. The molecule has 2 aliphatic heterocycles. The number of carboxylic acids is 1. The number of carboxylic acid groups (broad SMARTS) is 1. The van der Waals surface area contributed by atoms with Crippen molar-refractivity contribution in [2.45, 2.75) is 38.3 Å². The number of aliphatic carboxylic acids is 1. The van der Waals surface area contributed by atoms with Crippen LogP contribution in [-0.2, 0) is 4.79 Å². The second-order valence-corrected chi connectivity index (χ2v) is 7.06. The van der Waals surface area contributed by atoms with Crippen molar-refractivity contribution in [3.63, 3.8) is 0 Å². The third-order valence-electron chi connectivity index (χ3n) is 5.52. The molecule has 3 heterocycles. The van der Waals surface area contributed by atoms with Gasteiger partial charge < -0.3 is 15.3 Å². The van der Waals surface area contributed by atoms with Crippen LogP contribution in [0, 0.1) is 12.8 Å². The fourth-order valence-electron chi connectivity index (χ4n) is 4.11. The number of amides is 2. The van der Waals surface area contributed by atoms with E-state index in [-0.39, 0.29) is 18.1 Å². The number of carbonyl (C=O) groups excluding carboxylic acids is 1. The number of nitrogens with one attached hydrogen (secondary N) is 1. The Kier molecular flexibility index (Phi) is 4.11. The first-order chi connectivity index (χ1) is 12.5. The molecule has 6 nitrogen and oxygen atoms in total. The monoisotopic (exact) mass is 351 g/mol. The van der Waals surface area contributed by atoms with Crippen LogP contribution in [0.4, 0.5) is 10.5 Å². The minimum absolute atomic E-state index is 0.163. The first kappa shape index (κ1) is 16.6. The average Bonchev–Trinajstić information content (AvgIpc) is 2.63. The molecule has 0 spiro atoms. The number of nitrogens with zero attached hydrogens (tertiary/aromatic N) is 2. The number of carbonyl (C=O) groups is 2. The average molecular weight is 351 g/mol. The molecule has 2 aliphatic rings. The van der Waals surface area contributed by atoms with Gasteiger partial charge in [0.2, 0.25) is 0 Å². The Morgan fingerprint density at radius 3 is 2.77 bits per heavy atom. The molecule has 2 fully saturated rings. The summed E-state index contributed by atoms with van der Waals surface area (Å²) in [6.45, 7) is 2.01. The number of aromatic nitrogens is 1. The molecular weight excluding hydrogens is 330 g/mol. The zero-order valence-corrected chi connectivity index (χ0v) is 14.6. The van der Waals surface area contributed by atoms with E-state index in [1.807, 2.05) is 43.3 Å². The maximum atomic E-state index is 12.7. The van der Waals surface area contributed by atoms with Crippen LogP contribution in [0.25, 0.3) is 11.3 Å². The largest absolute Gasteiger partial charge is 0.481 e. The molecular formula is C20H21N3O3. The molecule has 2 N–H and O–H groups in total. The Morgan fingerprint density at radius 2 is 2.08 bits per heavy atom. The number of anilines is 1. The Bertz CT molecular complexity index is 851. The Balaban J connectivity index is 1.53. The van der Waals surface area contributed by atoms with Gasteiger partial charge in [-0.15, -0.1) is 0 Å². The molecule has 6 heteroatoms. The van der Waals surface area contributed by atoms with Crippen molar-refractivity contribution in [2.75, 3.05) is 5.32 Å². The van der Waals surface area contributed by atoms with E-state index in [2.05, 4.69) is 10.3 Å². The van der Waals surface area contributed by atoms with E-state index >= 15 is 0 Å². The van der Waals surface area contributed by atoms with E-state index in [1.54, 1.807) is 11.1 Å². The van der Waals surface area contributed by atoms with Crippen LogP contribution in [0.5, 0.6) is 0 Å². The van der Waals surface area contributed by atoms with Gasteiger partial charge in [-0.05, 0) is 56.0 Å².